The lowest BCUT2D eigenvalue weighted by molar-refractivity contribution is -0.121. The van der Waals surface area contributed by atoms with Crippen LogP contribution in [0.3, 0.4) is 0 Å². The molecule has 0 spiro atoms. The molecule has 4 rings (SSSR count). The van der Waals surface area contributed by atoms with Crippen molar-refractivity contribution in [1.82, 2.24) is 14.9 Å². The first-order valence-electron chi connectivity index (χ1n) is 12.9. The summed E-state index contributed by atoms with van der Waals surface area (Å²) in [6.07, 6.45) is 2.26. The van der Waals surface area contributed by atoms with Crippen LogP contribution in [0.15, 0.2) is 72.8 Å². The van der Waals surface area contributed by atoms with Crippen LogP contribution in [-0.2, 0) is 17.8 Å². The van der Waals surface area contributed by atoms with Gasteiger partial charge in [-0.3, -0.25) is 4.79 Å². The van der Waals surface area contributed by atoms with E-state index in [1.165, 1.54) is 5.56 Å². The lowest BCUT2D eigenvalue weighted by Crippen LogP contribution is -2.30. The third-order valence-corrected chi connectivity index (χ3v) is 6.64. The number of rotatable bonds is 11. The molecule has 1 N–H and O–H groups in total. The molecular formula is C31H37N3O2. The van der Waals surface area contributed by atoms with E-state index < -0.39 is 0 Å². The largest absolute Gasteiger partial charge is 0.493 e. The number of fused-ring (bicyclic) bond motifs is 1. The Kier molecular flexibility index (Phi) is 8.42. The summed E-state index contributed by atoms with van der Waals surface area (Å²) in [7, 11) is 0. The van der Waals surface area contributed by atoms with E-state index in [1.807, 2.05) is 62.4 Å². The SMILES string of the molecule is Cc1ccccc1CC(=O)NC(C)c1nc2ccccc2n1CCCCOc1ccccc1C(C)C. The highest BCUT2D eigenvalue weighted by atomic mass is 16.5. The summed E-state index contributed by atoms with van der Waals surface area (Å²) in [6, 6.07) is 24.3. The highest BCUT2D eigenvalue weighted by Crippen LogP contribution is 2.26. The Bertz CT molecular complexity index is 1310. The maximum Gasteiger partial charge on any atom is 0.225 e. The summed E-state index contributed by atoms with van der Waals surface area (Å²) < 4.78 is 8.37. The number of ether oxygens (including phenoxy) is 1. The molecule has 4 aromatic rings. The maximum atomic E-state index is 12.8. The van der Waals surface area contributed by atoms with Gasteiger partial charge >= 0.3 is 0 Å². The normalized spacial score (nSPS) is 12.1. The number of nitrogens with one attached hydrogen (secondary N) is 1. The zero-order valence-corrected chi connectivity index (χ0v) is 21.8. The van der Waals surface area contributed by atoms with Crippen molar-refractivity contribution in [2.45, 2.75) is 65.5 Å². The van der Waals surface area contributed by atoms with Gasteiger partial charge in [0.15, 0.2) is 0 Å². The van der Waals surface area contributed by atoms with Gasteiger partial charge in [0.25, 0.3) is 0 Å². The Morgan fingerprint density at radius 2 is 1.67 bits per heavy atom. The molecule has 5 heteroatoms. The van der Waals surface area contributed by atoms with Crippen LogP contribution in [0.2, 0.25) is 0 Å². The second-order valence-corrected chi connectivity index (χ2v) is 9.75. The van der Waals surface area contributed by atoms with Crippen LogP contribution in [-0.4, -0.2) is 22.1 Å². The minimum atomic E-state index is -0.192. The monoisotopic (exact) mass is 483 g/mol. The standard InChI is InChI=1S/C31H37N3O2/c1-22(2)26-15-7-10-18-29(26)36-20-12-11-19-34-28-17-9-8-16-27(28)33-31(34)24(4)32-30(35)21-25-14-6-5-13-23(25)3/h5-10,13-18,22,24H,11-12,19-21H2,1-4H3,(H,32,35). The Hall–Kier alpha value is -3.60. The van der Waals surface area contributed by atoms with Crippen LogP contribution < -0.4 is 10.1 Å². The van der Waals surface area contributed by atoms with E-state index in [-0.39, 0.29) is 11.9 Å². The molecule has 1 amide bonds. The number of hydrogen-bond acceptors (Lipinski definition) is 3. The Morgan fingerprint density at radius 3 is 2.47 bits per heavy atom. The van der Waals surface area contributed by atoms with E-state index >= 15 is 0 Å². The van der Waals surface area contributed by atoms with Gasteiger partial charge in [-0.25, -0.2) is 4.98 Å². The van der Waals surface area contributed by atoms with Crippen molar-refractivity contribution in [2.75, 3.05) is 6.61 Å². The molecule has 1 atom stereocenters. The van der Waals surface area contributed by atoms with Crippen LogP contribution >= 0.6 is 0 Å². The van der Waals surface area contributed by atoms with Gasteiger partial charge in [-0.2, -0.15) is 0 Å². The van der Waals surface area contributed by atoms with Crippen molar-refractivity contribution in [1.29, 1.82) is 0 Å². The lowest BCUT2D eigenvalue weighted by atomic mass is 10.0. The molecule has 1 unspecified atom stereocenters. The van der Waals surface area contributed by atoms with Gasteiger partial charge in [-0.1, -0.05) is 68.4 Å². The molecule has 188 valence electrons. The molecule has 1 aromatic heterocycles. The second kappa shape index (κ2) is 11.9. The highest BCUT2D eigenvalue weighted by molar-refractivity contribution is 5.80. The third kappa shape index (κ3) is 6.14. The zero-order valence-electron chi connectivity index (χ0n) is 21.8. The number of nitrogens with zero attached hydrogens (tertiary/aromatic N) is 2. The number of hydrogen-bond donors (Lipinski definition) is 1. The van der Waals surface area contributed by atoms with Gasteiger partial charge in [0.1, 0.15) is 11.6 Å². The summed E-state index contributed by atoms with van der Waals surface area (Å²) in [4.78, 5) is 17.7. The van der Waals surface area contributed by atoms with Crippen molar-refractivity contribution in [3.8, 4) is 5.75 Å². The number of carbonyl (C=O) groups is 1. The van der Waals surface area contributed by atoms with Crippen molar-refractivity contribution in [3.63, 3.8) is 0 Å². The molecule has 0 saturated heterocycles. The molecule has 0 saturated carbocycles. The van der Waals surface area contributed by atoms with E-state index in [2.05, 4.69) is 48.0 Å². The summed E-state index contributed by atoms with van der Waals surface area (Å²) in [5.74, 6) is 2.31. The van der Waals surface area contributed by atoms with Crippen LogP contribution in [0, 0.1) is 6.92 Å². The van der Waals surface area contributed by atoms with Gasteiger partial charge in [0.05, 0.1) is 30.1 Å². The molecule has 5 nitrogen and oxygen atoms in total. The molecule has 0 fully saturated rings. The average molecular weight is 484 g/mol. The second-order valence-electron chi connectivity index (χ2n) is 9.75. The molecule has 3 aromatic carbocycles. The summed E-state index contributed by atoms with van der Waals surface area (Å²) in [5.41, 5.74) is 5.48. The first kappa shape index (κ1) is 25.5. The number of amides is 1. The van der Waals surface area contributed by atoms with E-state index in [1.54, 1.807) is 0 Å². The number of imidazole rings is 1. The van der Waals surface area contributed by atoms with Crippen LogP contribution in [0.25, 0.3) is 11.0 Å². The number of aryl methyl sites for hydroxylation is 2. The number of para-hydroxylation sites is 3. The van der Waals surface area contributed by atoms with Gasteiger partial charge in [-0.15, -0.1) is 0 Å². The Morgan fingerprint density at radius 1 is 0.944 bits per heavy atom. The first-order chi connectivity index (χ1) is 17.4. The third-order valence-electron chi connectivity index (χ3n) is 6.64. The molecule has 0 aliphatic rings. The van der Waals surface area contributed by atoms with Crippen molar-refractivity contribution in [2.24, 2.45) is 0 Å². The number of aromatic nitrogens is 2. The van der Waals surface area contributed by atoms with Gasteiger partial charge in [0.2, 0.25) is 5.91 Å². The average Bonchev–Trinajstić information content (AvgIpc) is 3.24. The molecule has 0 radical (unpaired) electrons. The van der Waals surface area contributed by atoms with Crippen molar-refractivity contribution in [3.05, 3.63) is 95.3 Å². The minimum absolute atomic E-state index is 0.00706. The van der Waals surface area contributed by atoms with E-state index in [9.17, 15) is 4.79 Å². The fourth-order valence-electron chi connectivity index (χ4n) is 4.64. The maximum absolute atomic E-state index is 12.8. The van der Waals surface area contributed by atoms with Gasteiger partial charge in [-0.05, 0) is 67.5 Å². The summed E-state index contributed by atoms with van der Waals surface area (Å²) >= 11 is 0. The smallest absolute Gasteiger partial charge is 0.225 e. The molecule has 0 aliphatic carbocycles. The van der Waals surface area contributed by atoms with Gasteiger partial charge in [0, 0.05) is 6.54 Å². The predicted molar refractivity (Wildman–Crippen MR) is 146 cm³/mol. The predicted octanol–water partition coefficient (Wildman–Crippen LogP) is 6.75. The molecule has 36 heavy (non-hydrogen) atoms. The molecule has 1 heterocycles. The minimum Gasteiger partial charge on any atom is -0.493 e. The Balaban J connectivity index is 1.40. The molecule has 0 aliphatic heterocycles. The van der Waals surface area contributed by atoms with Crippen LogP contribution in [0.4, 0.5) is 0 Å². The number of unbranched alkanes of at least 4 members (excludes halogenated alkanes) is 1. The fourth-order valence-corrected chi connectivity index (χ4v) is 4.64. The Labute approximate surface area is 214 Å². The van der Waals surface area contributed by atoms with E-state index in [0.717, 1.165) is 53.1 Å². The number of benzene rings is 3. The van der Waals surface area contributed by atoms with Crippen LogP contribution in [0.1, 0.15) is 68.1 Å². The number of carbonyl (C=O) groups excluding carboxylic acids is 1. The van der Waals surface area contributed by atoms with Crippen molar-refractivity contribution < 1.29 is 9.53 Å². The topological polar surface area (TPSA) is 56.2 Å². The summed E-state index contributed by atoms with van der Waals surface area (Å²) in [5, 5.41) is 3.17. The fraction of sp³-hybridized carbons (Fsp3) is 0.355. The van der Waals surface area contributed by atoms with E-state index in [0.29, 0.717) is 18.9 Å². The quantitative estimate of drug-likeness (QED) is 0.240. The molecule has 0 bridgehead atoms. The lowest BCUT2D eigenvalue weighted by Gasteiger charge is -2.17. The zero-order chi connectivity index (χ0) is 25.5. The van der Waals surface area contributed by atoms with Gasteiger partial charge < -0.3 is 14.6 Å². The van der Waals surface area contributed by atoms with Crippen LogP contribution in [0.5, 0.6) is 5.75 Å². The first-order valence-corrected chi connectivity index (χ1v) is 12.9. The van der Waals surface area contributed by atoms with E-state index in [4.69, 9.17) is 9.72 Å². The van der Waals surface area contributed by atoms with Crippen molar-refractivity contribution >= 4 is 16.9 Å². The molecular weight excluding hydrogens is 446 g/mol. The highest BCUT2D eigenvalue weighted by Gasteiger charge is 2.19. The summed E-state index contributed by atoms with van der Waals surface area (Å²) in [6.45, 7) is 9.93.